The Hall–Kier alpha value is -1.88. The minimum Gasteiger partial charge on any atom is -0.368 e. The van der Waals surface area contributed by atoms with E-state index in [0.717, 1.165) is 37.1 Å². The lowest BCUT2D eigenvalue weighted by Gasteiger charge is -2.34. The van der Waals surface area contributed by atoms with Crippen LogP contribution in [0.1, 0.15) is 34.3 Å². The summed E-state index contributed by atoms with van der Waals surface area (Å²) in [4.78, 5) is 25.8. The Bertz CT molecular complexity index is 536. The summed E-state index contributed by atoms with van der Waals surface area (Å²) in [5, 5.41) is 3.27. The second-order valence-corrected chi connectivity index (χ2v) is 5.70. The molecule has 21 heavy (non-hydrogen) atoms. The average molecular weight is 289 g/mol. The van der Waals surface area contributed by atoms with Gasteiger partial charge >= 0.3 is 0 Å². The van der Waals surface area contributed by atoms with Gasteiger partial charge in [0.1, 0.15) is 0 Å². The lowest BCUT2D eigenvalue weighted by atomic mass is 10.0. The van der Waals surface area contributed by atoms with E-state index in [2.05, 4.69) is 5.32 Å². The number of piperidine rings is 1. The predicted octanol–water partition coefficient (Wildman–Crippen LogP) is 0.983. The van der Waals surface area contributed by atoms with Crippen molar-refractivity contribution in [1.82, 2.24) is 10.2 Å². The van der Waals surface area contributed by atoms with E-state index in [1.54, 1.807) is 4.90 Å². The van der Waals surface area contributed by atoms with Crippen molar-refractivity contribution >= 4 is 11.8 Å². The highest BCUT2D eigenvalue weighted by molar-refractivity contribution is 5.97. The van der Waals surface area contributed by atoms with Crippen LogP contribution in [0, 0.1) is 13.8 Å². The fourth-order valence-corrected chi connectivity index (χ4v) is 2.86. The van der Waals surface area contributed by atoms with Crippen LogP contribution < -0.4 is 11.1 Å². The number of amides is 2. The highest BCUT2D eigenvalue weighted by Gasteiger charge is 2.28. The van der Waals surface area contributed by atoms with Crippen molar-refractivity contribution in [1.29, 1.82) is 0 Å². The fourth-order valence-electron chi connectivity index (χ4n) is 2.86. The Morgan fingerprint density at radius 3 is 2.52 bits per heavy atom. The minimum absolute atomic E-state index is 0.0170. The van der Waals surface area contributed by atoms with Crippen LogP contribution in [-0.2, 0) is 4.79 Å². The summed E-state index contributed by atoms with van der Waals surface area (Å²) in [6, 6.07) is 5.82. The molecule has 114 valence electrons. The number of hydrogen-bond acceptors (Lipinski definition) is 3. The number of hydrogen-bond donors (Lipinski definition) is 2. The second-order valence-electron chi connectivity index (χ2n) is 5.70. The number of nitrogens with two attached hydrogens (primary N) is 1. The molecule has 1 fully saturated rings. The molecule has 0 unspecified atom stereocenters. The standard InChI is InChI=1S/C16H23N3O2/c1-11-3-4-14(12(2)9-11)16(21)19(10-15(17)20)13-5-7-18-8-6-13/h3-4,9,13,18H,5-8,10H2,1-2H3,(H2,17,20). The Balaban J connectivity index is 2.26. The maximum Gasteiger partial charge on any atom is 0.254 e. The van der Waals surface area contributed by atoms with Crippen LogP contribution in [0.4, 0.5) is 0 Å². The monoisotopic (exact) mass is 289 g/mol. The zero-order chi connectivity index (χ0) is 15.4. The zero-order valence-electron chi connectivity index (χ0n) is 12.7. The predicted molar refractivity (Wildman–Crippen MR) is 82.0 cm³/mol. The van der Waals surface area contributed by atoms with Crippen LogP contribution in [0.15, 0.2) is 18.2 Å². The fraction of sp³-hybridized carbons (Fsp3) is 0.500. The summed E-state index contributed by atoms with van der Waals surface area (Å²) in [5.74, 6) is -0.565. The van der Waals surface area contributed by atoms with E-state index in [0.29, 0.717) is 5.56 Å². The van der Waals surface area contributed by atoms with Crippen molar-refractivity contribution in [2.45, 2.75) is 32.7 Å². The lowest BCUT2D eigenvalue weighted by molar-refractivity contribution is -0.119. The molecular weight excluding hydrogens is 266 g/mol. The molecule has 1 heterocycles. The molecule has 0 aromatic heterocycles. The third-order valence-corrected chi connectivity index (χ3v) is 3.95. The van der Waals surface area contributed by atoms with Gasteiger partial charge in [-0.1, -0.05) is 17.7 Å². The normalized spacial score (nSPS) is 15.7. The first-order chi connectivity index (χ1) is 9.99. The Morgan fingerprint density at radius 1 is 1.29 bits per heavy atom. The molecule has 2 rings (SSSR count). The Kier molecular flexibility index (Phi) is 4.96. The molecule has 0 saturated carbocycles. The average Bonchev–Trinajstić information content (AvgIpc) is 2.45. The van der Waals surface area contributed by atoms with Crippen LogP contribution in [0.25, 0.3) is 0 Å². The molecule has 1 aliphatic rings. The Morgan fingerprint density at radius 2 is 1.95 bits per heavy atom. The third kappa shape index (κ3) is 3.82. The topological polar surface area (TPSA) is 75.4 Å². The van der Waals surface area contributed by atoms with Crippen molar-refractivity contribution in [3.63, 3.8) is 0 Å². The summed E-state index contributed by atoms with van der Waals surface area (Å²) < 4.78 is 0. The van der Waals surface area contributed by atoms with Gasteiger partial charge in [-0.15, -0.1) is 0 Å². The molecule has 1 saturated heterocycles. The molecule has 1 aliphatic heterocycles. The molecule has 0 radical (unpaired) electrons. The number of carbonyl (C=O) groups excluding carboxylic acids is 2. The highest BCUT2D eigenvalue weighted by Crippen LogP contribution is 2.18. The van der Waals surface area contributed by atoms with Gasteiger partial charge in [-0.2, -0.15) is 0 Å². The molecule has 0 atom stereocenters. The summed E-state index contributed by atoms with van der Waals surface area (Å²) >= 11 is 0. The molecule has 3 N–H and O–H groups in total. The molecule has 0 spiro atoms. The molecule has 5 nitrogen and oxygen atoms in total. The molecule has 5 heteroatoms. The summed E-state index contributed by atoms with van der Waals surface area (Å²) in [6.07, 6.45) is 1.70. The van der Waals surface area contributed by atoms with Gasteiger partial charge in [0.25, 0.3) is 5.91 Å². The largest absolute Gasteiger partial charge is 0.368 e. The molecule has 0 aliphatic carbocycles. The second kappa shape index (κ2) is 6.72. The number of primary amides is 1. The first-order valence-electron chi connectivity index (χ1n) is 7.36. The molecule has 2 amide bonds. The van der Waals surface area contributed by atoms with E-state index in [4.69, 9.17) is 5.73 Å². The van der Waals surface area contributed by atoms with Gasteiger partial charge in [-0.3, -0.25) is 9.59 Å². The zero-order valence-corrected chi connectivity index (χ0v) is 12.7. The lowest BCUT2D eigenvalue weighted by Crippen LogP contribution is -2.49. The van der Waals surface area contributed by atoms with E-state index in [1.165, 1.54) is 0 Å². The first kappa shape index (κ1) is 15.5. The quantitative estimate of drug-likeness (QED) is 0.867. The number of carbonyl (C=O) groups is 2. The minimum atomic E-state index is -0.466. The van der Waals surface area contributed by atoms with Gasteiger partial charge in [0.05, 0.1) is 6.54 Å². The molecule has 1 aromatic rings. The molecular formula is C16H23N3O2. The van der Waals surface area contributed by atoms with E-state index in [1.807, 2.05) is 32.0 Å². The summed E-state index contributed by atoms with van der Waals surface area (Å²) in [7, 11) is 0. The highest BCUT2D eigenvalue weighted by atomic mass is 16.2. The van der Waals surface area contributed by atoms with Gasteiger partial charge < -0.3 is 16.0 Å². The third-order valence-electron chi connectivity index (χ3n) is 3.95. The van der Waals surface area contributed by atoms with Crippen molar-refractivity contribution in [2.24, 2.45) is 5.73 Å². The summed E-state index contributed by atoms with van der Waals surface area (Å²) in [5.41, 5.74) is 8.03. The van der Waals surface area contributed by atoms with Crippen molar-refractivity contribution in [2.75, 3.05) is 19.6 Å². The maximum atomic E-state index is 12.8. The van der Waals surface area contributed by atoms with Crippen molar-refractivity contribution in [3.05, 3.63) is 34.9 Å². The first-order valence-corrected chi connectivity index (χ1v) is 7.36. The number of rotatable bonds is 4. The van der Waals surface area contributed by atoms with Gasteiger partial charge in [0.2, 0.25) is 5.91 Å². The number of aryl methyl sites for hydroxylation is 2. The maximum absolute atomic E-state index is 12.8. The molecule has 0 bridgehead atoms. The van der Waals surface area contributed by atoms with Gasteiger partial charge in [0.15, 0.2) is 0 Å². The van der Waals surface area contributed by atoms with Gasteiger partial charge in [-0.25, -0.2) is 0 Å². The SMILES string of the molecule is Cc1ccc(C(=O)N(CC(N)=O)C2CCNCC2)c(C)c1. The smallest absolute Gasteiger partial charge is 0.254 e. The van der Waals surface area contributed by atoms with E-state index >= 15 is 0 Å². The Labute approximate surface area is 125 Å². The van der Waals surface area contributed by atoms with Gasteiger partial charge in [-0.05, 0) is 51.4 Å². The number of nitrogens with zero attached hydrogens (tertiary/aromatic N) is 1. The summed E-state index contributed by atoms with van der Waals surface area (Å²) in [6.45, 7) is 5.62. The van der Waals surface area contributed by atoms with Crippen LogP contribution in [0.5, 0.6) is 0 Å². The number of benzene rings is 1. The van der Waals surface area contributed by atoms with Gasteiger partial charge in [0, 0.05) is 11.6 Å². The number of nitrogens with one attached hydrogen (secondary N) is 1. The van der Waals surface area contributed by atoms with Crippen molar-refractivity contribution < 1.29 is 9.59 Å². The van der Waals surface area contributed by atoms with Crippen LogP contribution in [0.2, 0.25) is 0 Å². The molecule has 1 aromatic carbocycles. The van der Waals surface area contributed by atoms with Crippen LogP contribution >= 0.6 is 0 Å². The van der Waals surface area contributed by atoms with E-state index < -0.39 is 5.91 Å². The van der Waals surface area contributed by atoms with Crippen LogP contribution in [-0.4, -0.2) is 42.4 Å². The van der Waals surface area contributed by atoms with Crippen molar-refractivity contribution in [3.8, 4) is 0 Å². The van der Waals surface area contributed by atoms with E-state index in [9.17, 15) is 9.59 Å². The van der Waals surface area contributed by atoms with E-state index in [-0.39, 0.29) is 18.5 Å². The van der Waals surface area contributed by atoms with Crippen LogP contribution in [0.3, 0.4) is 0 Å².